The van der Waals surface area contributed by atoms with Gasteiger partial charge in [0.2, 0.25) is 5.95 Å². The van der Waals surface area contributed by atoms with Gasteiger partial charge in [-0.3, -0.25) is 9.36 Å². The first-order valence-corrected chi connectivity index (χ1v) is 11.7. The lowest BCUT2D eigenvalue weighted by atomic mass is 10.1. The highest BCUT2D eigenvalue weighted by Crippen LogP contribution is 2.33. The van der Waals surface area contributed by atoms with Gasteiger partial charge in [0.25, 0.3) is 5.56 Å². The molecule has 0 aliphatic heterocycles. The number of aryl methyl sites for hydroxylation is 2. The van der Waals surface area contributed by atoms with Crippen LogP contribution in [0.1, 0.15) is 49.3 Å². The molecule has 0 aromatic carbocycles. The van der Waals surface area contributed by atoms with E-state index in [0.717, 1.165) is 61.4 Å². The van der Waals surface area contributed by atoms with Gasteiger partial charge in [-0.1, -0.05) is 6.42 Å². The number of furan rings is 1. The van der Waals surface area contributed by atoms with E-state index in [0.29, 0.717) is 12.5 Å². The summed E-state index contributed by atoms with van der Waals surface area (Å²) in [6.07, 6.45) is 7.32. The van der Waals surface area contributed by atoms with Crippen LogP contribution in [0.2, 0.25) is 0 Å². The average molecular weight is 416 g/mol. The normalized spacial score (nSPS) is 14.3. The molecule has 1 aliphatic rings. The highest BCUT2D eigenvalue weighted by atomic mass is 32.1. The van der Waals surface area contributed by atoms with Gasteiger partial charge in [0.1, 0.15) is 10.6 Å². The van der Waals surface area contributed by atoms with Gasteiger partial charge in [-0.2, -0.15) is 0 Å². The number of quaternary nitrogens is 1. The topological polar surface area (TPSA) is 64.5 Å². The number of aromatic nitrogens is 2. The standard InChI is InChI=1S/C22H30N4O2S/c1-3-25(4-2)13-12-23-22-24-20-19(17-10-6-5-7-11-18(17)29-20)21(27)26(22)15-16-9-8-14-28-16/h8-9,14H,3-7,10-13,15H2,1-2H3,(H,23,24)/p+1. The van der Waals surface area contributed by atoms with Crippen molar-refractivity contribution in [2.75, 3.05) is 31.5 Å². The molecule has 2 N–H and O–H groups in total. The number of likely N-dealkylation sites (N-methyl/N-ethyl adjacent to an activating group) is 1. The molecule has 6 nitrogen and oxygen atoms in total. The summed E-state index contributed by atoms with van der Waals surface area (Å²) in [6, 6.07) is 3.77. The van der Waals surface area contributed by atoms with Crippen molar-refractivity contribution in [2.45, 2.75) is 52.5 Å². The van der Waals surface area contributed by atoms with Gasteiger partial charge in [-0.15, -0.1) is 11.3 Å². The summed E-state index contributed by atoms with van der Waals surface area (Å²) in [4.78, 5) is 22.3. The SMILES string of the molecule is CC[NH+](CC)CCNc1nc2sc3c(c2c(=O)n1Cc1ccco1)CCCCC3. The molecule has 1 aliphatic carbocycles. The summed E-state index contributed by atoms with van der Waals surface area (Å²) in [5, 5.41) is 4.28. The minimum atomic E-state index is 0.0588. The Labute approximate surface area is 175 Å². The van der Waals surface area contributed by atoms with E-state index < -0.39 is 0 Å². The zero-order chi connectivity index (χ0) is 20.2. The van der Waals surface area contributed by atoms with Gasteiger partial charge in [0.05, 0.1) is 44.4 Å². The lowest BCUT2D eigenvalue weighted by molar-refractivity contribution is -0.894. The number of fused-ring (bicyclic) bond motifs is 3. The molecule has 3 aromatic heterocycles. The largest absolute Gasteiger partial charge is 0.467 e. The van der Waals surface area contributed by atoms with Gasteiger partial charge < -0.3 is 14.6 Å². The van der Waals surface area contributed by atoms with Crippen LogP contribution in [0.25, 0.3) is 10.2 Å². The Morgan fingerprint density at radius 2 is 2.07 bits per heavy atom. The van der Waals surface area contributed by atoms with Crippen LogP contribution in [0.15, 0.2) is 27.6 Å². The first-order chi connectivity index (χ1) is 14.2. The first kappa shape index (κ1) is 20.2. The molecule has 3 aromatic rings. The van der Waals surface area contributed by atoms with Crippen molar-refractivity contribution in [2.24, 2.45) is 0 Å². The Balaban J connectivity index is 1.73. The summed E-state index contributed by atoms with van der Waals surface area (Å²) in [5.41, 5.74) is 1.30. The molecule has 0 radical (unpaired) electrons. The monoisotopic (exact) mass is 415 g/mol. The van der Waals surface area contributed by atoms with Gasteiger partial charge in [-0.25, -0.2) is 4.98 Å². The smallest absolute Gasteiger partial charge is 0.264 e. The quantitative estimate of drug-likeness (QED) is 0.555. The fourth-order valence-electron chi connectivity index (χ4n) is 4.21. The predicted octanol–water partition coefficient (Wildman–Crippen LogP) is 2.70. The first-order valence-electron chi connectivity index (χ1n) is 10.9. The highest BCUT2D eigenvalue weighted by molar-refractivity contribution is 7.18. The second kappa shape index (κ2) is 9.13. The number of rotatable bonds is 8. The van der Waals surface area contributed by atoms with Crippen molar-refractivity contribution in [3.63, 3.8) is 0 Å². The number of hydrogen-bond acceptors (Lipinski definition) is 5. The molecule has 0 fully saturated rings. The minimum absolute atomic E-state index is 0.0588. The lowest BCUT2D eigenvalue weighted by Crippen LogP contribution is -3.12. The van der Waals surface area contributed by atoms with Gasteiger partial charge in [0.15, 0.2) is 0 Å². The third kappa shape index (κ3) is 4.26. The second-order valence-corrected chi connectivity index (χ2v) is 8.87. The van der Waals surface area contributed by atoms with E-state index in [4.69, 9.17) is 9.40 Å². The second-order valence-electron chi connectivity index (χ2n) is 7.78. The maximum absolute atomic E-state index is 13.6. The molecule has 29 heavy (non-hydrogen) atoms. The van der Waals surface area contributed by atoms with E-state index in [1.54, 1.807) is 22.2 Å². The molecule has 0 bridgehead atoms. The molecule has 156 valence electrons. The van der Waals surface area contributed by atoms with E-state index in [-0.39, 0.29) is 5.56 Å². The maximum atomic E-state index is 13.6. The zero-order valence-corrected chi connectivity index (χ0v) is 18.2. The molecule has 0 spiro atoms. The van der Waals surface area contributed by atoms with Crippen LogP contribution in [-0.4, -0.2) is 35.7 Å². The Bertz CT molecular complexity index is 1000. The average Bonchev–Trinajstić information content (AvgIpc) is 3.30. The predicted molar refractivity (Wildman–Crippen MR) is 118 cm³/mol. The van der Waals surface area contributed by atoms with Crippen molar-refractivity contribution in [3.05, 3.63) is 45.0 Å². The summed E-state index contributed by atoms with van der Waals surface area (Å²) in [7, 11) is 0. The van der Waals surface area contributed by atoms with E-state index in [9.17, 15) is 4.79 Å². The molecule has 0 atom stereocenters. The number of nitrogens with one attached hydrogen (secondary N) is 2. The summed E-state index contributed by atoms with van der Waals surface area (Å²) in [6.45, 7) is 8.80. The Morgan fingerprint density at radius 3 is 2.83 bits per heavy atom. The summed E-state index contributed by atoms with van der Waals surface area (Å²) in [5.74, 6) is 1.42. The van der Waals surface area contributed by atoms with Gasteiger partial charge in [-0.05, 0) is 57.2 Å². The minimum Gasteiger partial charge on any atom is -0.467 e. The van der Waals surface area contributed by atoms with Crippen molar-refractivity contribution >= 4 is 27.5 Å². The summed E-state index contributed by atoms with van der Waals surface area (Å²) >= 11 is 1.71. The van der Waals surface area contributed by atoms with E-state index >= 15 is 0 Å². The number of hydrogen-bond donors (Lipinski definition) is 2. The summed E-state index contributed by atoms with van der Waals surface area (Å²) < 4.78 is 7.29. The maximum Gasteiger partial charge on any atom is 0.264 e. The van der Waals surface area contributed by atoms with Crippen molar-refractivity contribution in [1.29, 1.82) is 0 Å². The third-order valence-corrected chi connectivity index (χ3v) is 7.17. The number of anilines is 1. The molecule has 0 amide bonds. The van der Waals surface area contributed by atoms with Crippen LogP contribution in [0.3, 0.4) is 0 Å². The van der Waals surface area contributed by atoms with E-state index in [2.05, 4.69) is 19.2 Å². The number of thiophene rings is 1. The molecule has 4 rings (SSSR count). The third-order valence-electron chi connectivity index (χ3n) is 5.98. The Kier molecular flexibility index (Phi) is 6.35. The fraction of sp³-hybridized carbons (Fsp3) is 0.545. The van der Waals surface area contributed by atoms with Gasteiger partial charge >= 0.3 is 0 Å². The Morgan fingerprint density at radius 1 is 1.24 bits per heavy atom. The van der Waals surface area contributed by atoms with Crippen molar-refractivity contribution in [3.8, 4) is 0 Å². The zero-order valence-electron chi connectivity index (χ0n) is 17.4. The molecular weight excluding hydrogens is 384 g/mol. The Hall–Kier alpha value is -2.12. The van der Waals surface area contributed by atoms with Crippen molar-refractivity contribution < 1.29 is 9.32 Å². The van der Waals surface area contributed by atoms with Gasteiger partial charge in [0, 0.05) is 4.88 Å². The van der Waals surface area contributed by atoms with Crippen LogP contribution in [-0.2, 0) is 19.4 Å². The van der Waals surface area contributed by atoms with Crippen LogP contribution >= 0.6 is 11.3 Å². The highest BCUT2D eigenvalue weighted by Gasteiger charge is 2.22. The van der Waals surface area contributed by atoms with E-state index in [1.165, 1.54) is 28.2 Å². The molecule has 0 saturated heterocycles. The van der Waals surface area contributed by atoms with Crippen LogP contribution in [0, 0.1) is 0 Å². The molecule has 0 unspecified atom stereocenters. The molecule has 3 heterocycles. The lowest BCUT2D eigenvalue weighted by Gasteiger charge is -2.17. The molecule has 7 heteroatoms. The number of nitrogens with zero attached hydrogens (tertiary/aromatic N) is 2. The van der Waals surface area contributed by atoms with Crippen molar-refractivity contribution in [1.82, 2.24) is 9.55 Å². The molecular formula is C22H31N4O2S+. The van der Waals surface area contributed by atoms with Crippen LogP contribution in [0.4, 0.5) is 5.95 Å². The molecule has 0 saturated carbocycles. The van der Waals surface area contributed by atoms with Crippen LogP contribution in [0.5, 0.6) is 0 Å². The fourth-order valence-corrected chi connectivity index (χ4v) is 5.46. The van der Waals surface area contributed by atoms with E-state index in [1.807, 2.05) is 12.1 Å². The van der Waals surface area contributed by atoms with Crippen LogP contribution < -0.4 is 15.8 Å².